The maximum Gasteiger partial charge on any atom is 0.573 e. The van der Waals surface area contributed by atoms with Crippen molar-refractivity contribution < 1.29 is 42.1 Å². The van der Waals surface area contributed by atoms with Gasteiger partial charge in [0.1, 0.15) is 18.5 Å². The minimum Gasteiger partial charge on any atom is -0.487 e. The number of para-hydroxylation sites is 2. The largest absolute Gasteiger partial charge is 0.573 e. The SMILES string of the molecule is O=C1CCC(c2ccc(OCC(=O)N3CCC(NCC(O)COc4ccccc4OC(F)(F)F)CC3)c(Cl)c2)=NN1. The third-order valence-electron chi connectivity index (χ3n) is 6.52. The first-order valence-corrected chi connectivity index (χ1v) is 13.4. The summed E-state index contributed by atoms with van der Waals surface area (Å²) in [6.45, 7) is 0.745. The van der Waals surface area contributed by atoms with Crippen molar-refractivity contribution in [2.75, 3.05) is 32.8 Å². The highest BCUT2D eigenvalue weighted by atomic mass is 35.5. The first-order valence-electron chi connectivity index (χ1n) is 13.0. The third-order valence-corrected chi connectivity index (χ3v) is 6.81. The van der Waals surface area contributed by atoms with Gasteiger partial charge in [0, 0.05) is 38.5 Å². The number of hydrogen-bond donors (Lipinski definition) is 3. The highest BCUT2D eigenvalue weighted by Crippen LogP contribution is 2.32. The van der Waals surface area contributed by atoms with Crippen molar-refractivity contribution in [3.05, 3.63) is 53.1 Å². The fourth-order valence-corrected chi connectivity index (χ4v) is 4.60. The Hall–Kier alpha value is -3.55. The van der Waals surface area contributed by atoms with Crippen LogP contribution in [0.2, 0.25) is 5.02 Å². The topological polar surface area (TPSA) is 122 Å². The van der Waals surface area contributed by atoms with Crippen molar-refractivity contribution >= 4 is 29.1 Å². The van der Waals surface area contributed by atoms with Crippen LogP contribution in [0.25, 0.3) is 0 Å². The Bertz CT molecular complexity index is 1250. The number of aliphatic hydroxyl groups excluding tert-OH is 1. The van der Waals surface area contributed by atoms with E-state index in [1.54, 1.807) is 23.1 Å². The molecule has 2 heterocycles. The third kappa shape index (κ3) is 9.23. The number of rotatable bonds is 11. The first-order chi connectivity index (χ1) is 19.6. The van der Waals surface area contributed by atoms with Crippen molar-refractivity contribution in [1.82, 2.24) is 15.6 Å². The molecular weight excluding hydrogens is 569 g/mol. The molecule has 0 aliphatic carbocycles. The van der Waals surface area contributed by atoms with Crippen LogP contribution in [0.1, 0.15) is 31.2 Å². The number of aliphatic hydroxyl groups is 1. The van der Waals surface area contributed by atoms with Crippen LogP contribution in [-0.4, -0.2) is 78.9 Å². The van der Waals surface area contributed by atoms with Gasteiger partial charge in [0.15, 0.2) is 18.1 Å². The maximum absolute atomic E-state index is 12.7. The number of halogens is 4. The summed E-state index contributed by atoms with van der Waals surface area (Å²) in [5, 5.41) is 17.8. The quantitative estimate of drug-likeness (QED) is 0.363. The summed E-state index contributed by atoms with van der Waals surface area (Å²) in [4.78, 5) is 25.6. The number of amides is 2. The van der Waals surface area contributed by atoms with Gasteiger partial charge in [0.05, 0.1) is 10.7 Å². The van der Waals surface area contributed by atoms with E-state index in [0.29, 0.717) is 55.3 Å². The molecule has 2 aliphatic heterocycles. The molecule has 0 radical (unpaired) electrons. The molecule has 0 saturated carbocycles. The lowest BCUT2D eigenvalue weighted by Gasteiger charge is -2.33. The molecule has 0 bridgehead atoms. The number of ether oxygens (including phenoxy) is 3. The number of nitrogens with one attached hydrogen (secondary N) is 2. The number of benzene rings is 2. The molecule has 14 heteroatoms. The molecule has 2 amide bonds. The minimum absolute atomic E-state index is 0.0462. The molecule has 1 fully saturated rings. The molecule has 1 atom stereocenters. The van der Waals surface area contributed by atoms with Crippen LogP contribution in [-0.2, 0) is 9.59 Å². The second kappa shape index (κ2) is 13.9. The highest BCUT2D eigenvalue weighted by molar-refractivity contribution is 6.32. The van der Waals surface area contributed by atoms with Crippen LogP contribution >= 0.6 is 11.6 Å². The van der Waals surface area contributed by atoms with Gasteiger partial charge in [0.25, 0.3) is 5.91 Å². The van der Waals surface area contributed by atoms with E-state index in [1.165, 1.54) is 18.2 Å². The Kier molecular flexibility index (Phi) is 10.3. The molecule has 2 aliphatic rings. The molecule has 222 valence electrons. The van der Waals surface area contributed by atoms with E-state index in [0.717, 1.165) is 11.6 Å². The van der Waals surface area contributed by atoms with Gasteiger partial charge in [-0.2, -0.15) is 5.10 Å². The summed E-state index contributed by atoms with van der Waals surface area (Å²) in [5.41, 5.74) is 3.92. The van der Waals surface area contributed by atoms with Gasteiger partial charge in [-0.15, -0.1) is 13.2 Å². The fraction of sp³-hybridized carbons (Fsp3) is 0.444. The lowest BCUT2D eigenvalue weighted by Crippen LogP contribution is -2.48. The normalized spacial score (nSPS) is 17.0. The summed E-state index contributed by atoms with van der Waals surface area (Å²) in [7, 11) is 0. The zero-order valence-electron chi connectivity index (χ0n) is 22.0. The van der Waals surface area contributed by atoms with Crippen LogP contribution in [0.4, 0.5) is 13.2 Å². The van der Waals surface area contributed by atoms with Crippen molar-refractivity contribution in [1.29, 1.82) is 0 Å². The van der Waals surface area contributed by atoms with E-state index >= 15 is 0 Å². The molecule has 10 nitrogen and oxygen atoms in total. The Labute approximate surface area is 239 Å². The molecule has 1 unspecified atom stereocenters. The Morgan fingerprint density at radius 1 is 1.12 bits per heavy atom. The lowest BCUT2D eigenvalue weighted by molar-refractivity contribution is -0.275. The summed E-state index contributed by atoms with van der Waals surface area (Å²) in [6.07, 6.45) is -3.67. The second-order valence-corrected chi connectivity index (χ2v) is 9.96. The molecule has 0 aromatic heterocycles. The Balaban J connectivity index is 1.15. The van der Waals surface area contributed by atoms with E-state index in [2.05, 4.69) is 20.6 Å². The van der Waals surface area contributed by atoms with Crippen LogP contribution in [0.5, 0.6) is 17.2 Å². The van der Waals surface area contributed by atoms with Gasteiger partial charge in [-0.05, 0) is 48.7 Å². The number of likely N-dealkylation sites (tertiary alicyclic amines) is 1. The number of alkyl halides is 3. The number of piperidine rings is 1. The van der Waals surface area contributed by atoms with Crippen LogP contribution in [0.15, 0.2) is 47.6 Å². The molecule has 2 aromatic carbocycles. The second-order valence-electron chi connectivity index (χ2n) is 9.55. The van der Waals surface area contributed by atoms with Gasteiger partial charge in [-0.1, -0.05) is 23.7 Å². The number of carbonyl (C=O) groups excluding carboxylic acids is 2. The van der Waals surface area contributed by atoms with Crippen molar-refractivity contribution in [2.45, 2.75) is 44.2 Å². The molecular formula is C27H30ClF3N4O6. The number of nitrogens with zero attached hydrogens (tertiary/aromatic N) is 2. The molecule has 4 rings (SSSR count). The van der Waals surface area contributed by atoms with Gasteiger partial charge < -0.3 is 29.5 Å². The number of carbonyl (C=O) groups is 2. The zero-order valence-corrected chi connectivity index (χ0v) is 22.7. The summed E-state index contributed by atoms with van der Waals surface area (Å²) in [6, 6.07) is 10.5. The van der Waals surface area contributed by atoms with E-state index in [1.807, 2.05) is 0 Å². The van der Waals surface area contributed by atoms with E-state index in [-0.39, 0.29) is 43.4 Å². The fourth-order valence-electron chi connectivity index (χ4n) is 4.37. The Morgan fingerprint density at radius 2 is 1.85 bits per heavy atom. The molecule has 41 heavy (non-hydrogen) atoms. The highest BCUT2D eigenvalue weighted by Gasteiger charge is 2.32. The molecule has 3 N–H and O–H groups in total. The smallest absolute Gasteiger partial charge is 0.487 e. The summed E-state index contributed by atoms with van der Waals surface area (Å²) < 4.78 is 52.6. The summed E-state index contributed by atoms with van der Waals surface area (Å²) in [5.74, 6) is -0.556. The van der Waals surface area contributed by atoms with Gasteiger partial charge in [-0.25, -0.2) is 5.43 Å². The zero-order chi connectivity index (χ0) is 29.4. The Morgan fingerprint density at radius 3 is 2.51 bits per heavy atom. The number of hydrogen-bond acceptors (Lipinski definition) is 8. The average Bonchev–Trinajstić information content (AvgIpc) is 2.94. The predicted octanol–water partition coefficient (Wildman–Crippen LogP) is 3.25. The molecule has 0 spiro atoms. The van der Waals surface area contributed by atoms with Gasteiger partial charge in [-0.3, -0.25) is 9.59 Å². The van der Waals surface area contributed by atoms with Crippen molar-refractivity contribution in [2.24, 2.45) is 5.10 Å². The van der Waals surface area contributed by atoms with Crippen molar-refractivity contribution in [3.8, 4) is 17.2 Å². The number of hydrazone groups is 1. The van der Waals surface area contributed by atoms with Gasteiger partial charge >= 0.3 is 6.36 Å². The minimum atomic E-state index is -4.85. The average molecular weight is 599 g/mol. The van der Waals surface area contributed by atoms with Crippen LogP contribution in [0, 0.1) is 0 Å². The predicted molar refractivity (Wildman–Crippen MR) is 143 cm³/mol. The van der Waals surface area contributed by atoms with Gasteiger partial charge in [0.2, 0.25) is 5.91 Å². The maximum atomic E-state index is 12.7. The van der Waals surface area contributed by atoms with Crippen molar-refractivity contribution in [3.63, 3.8) is 0 Å². The monoisotopic (exact) mass is 598 g/mol. The van der Waals surface area contributed by atoms with E-state index < -0.39 is 18.2 Å². The lowest BCUT2D eigenvalue weighted by atomic mass is 10.0. The first kappa shape index (κ1) is 30.4. The van der Waals surface area contributed by atoms with E-state index in [9.17, 15) is 27.9 Å². The summed E-state index contributed by atoms with van der Waals surface area (Å²) >= 11 is 6.34. The molecule has 2 aromatic rings. The van der Waals surface area contributed by atoms with Crippen LogP contribution < -0.4 is 25.0 Å². The molecule has 1 saturated heterocycles. The van der Waals surface area contributed by atoms with E-state index in [4.69, 9.17) is 21.1 Å². The van der Waals surface area contributed by atoms with Crippen LogP contribution in [0.3, 0.4) is 0 Å². The standard InChI is InChI=1S/C27H30ClF3N4O6/c28-20-13-17(21-6-8-25(37)34-33-21)5-7-22(20)40-16-26(38)35-11-9-18(10-12-35)32-14-19(36)15-39-23-3-1-2-4-24(23)41-27(29,30)31/h1-5,7,13,18-19,32,36H,6,8-12,14-16H2,(H,34,37).